The van der Waals surface area contributed by atoms with Crippen LogP contribution in [0.1, 0.15) is 30.2 Å². The molecule has 21 heavy (non-hydrogen) atoms. The first-order chi connectivity index (χ1) is 9.99. The van der Waals surface area contributed by atoms with E-state index in [4.69, 9.17) is 11.6 Å². The van der Waals surface area contributed by atoms with E-state index in [9.17, 15) is 14.6 Å². The SMILES string of the molecule is C[C@@H](NCC(O)c1ccc(F)cc1Cl)c1ccccc1O. The third-order valence-corrected chi connectivity index (χ3v) is 3.67. The molecule has 5 heteroatoms. The second kappa shape index (κ2) is 6.89. The highest BCUT2D eigenvalue weighted by Crippen LogP contribution is 2.26. The summed E-state index contributed by atoms with van der Waals surface area (Å²) in [5.74, 6) is -0.238. The molecule has 0 aliphatic heterocycles. The van der Waals surface area contributed by atoms with E-state index < -0.39 is 11.9 Å². The van der Waals surface area contributed by atoms with Crippen molar-refractivity contribution >= 4 is 11.6 Å². The number of hydrogen-bond acceptors (Lipinski definition) is 3. The summed E-state index contributed by atoms with van der Waals surface area (Å²) in [5, 5.41) is 23.2. The summed E-state index contributed by atoms with van der Waals surface area (Å²) in [6.07, 6.45) is -0.855. The van der Waals surface area contributed by atoms with Gasteiger partial charge in [-0.25, -0.2) is 4.39 Å². The van der Waals surface area contributed by atoms with Crippen molar-refractivity contribution in [2.75, 3.05) is 6.54 Å². The first kappa shape index (κ1) is 15.8. The molecule has 2 aromatic rings. The first-order valence-corrected chi connectivity index (χ1v) is 7.01. The van der Waals surface area contributed by atoms with Crippen LogP contribution in [-0.2, 0) is 0 Å². The monoisotopic (exact) mass is 309 g/mol. The van der Waals surface area contributed by atoms with E-state index >= 15 is 0 Å². The van der Waals surface area contributed by atoms with Gasteiger partial charge in [0.25, 0.3) is 0 Å². The predicted octanol–water partition coefficient (Wildman–Crippen LogP) is 3.57. The Morgan fingerprint density at radius 1 is 1.19 bits per heavy atom. The Morgan fingerprint density at radius 3 is 2.57 bits per heavy atom. The molecular formula is C16H17ClFNO2. The van der Waals surface area contributed by atoms with Crippen LogP contribution in [0.15, 0.2) is 42.5 Å². The maximum absolute atomic E-state index is 13.0. The Labute approximate surface area is 128 Å². The number of aliphatic hydroxyl groups is 1. The lowest BCUT2D eigenvalue weighted by atomic mass is 10.1. The number of nitrogens with one attached hydrogen (secondary N) is 1. The summed E-state index contributed by atoms with van der Waals surface area (Å²) in [6, 6.07) is 10.8. The van der Waals surface area contributed by atoms with E-state index in [-0.39, 0.29) is 23.4 Å². The number of phenols is 1. The molecule has 0 saturated heterocycles. The molecule has 1 unspecified atom stereocenters. The summed E-state index contributed by atoms with van der Waals surface area (Å²) in [6.45, 7) is 2.12. The first-order valence-electron chi connectivity index (χ1n) is 6.63. The molecule has 0 aliphatic carbocycles. The number of rotatable bonds is 5. The van der Waals surface area contributed by atoms with Gasteiger partial charge in [0.05, 0.1) is 6.10 Å². The Hall–Kier alpha value is -1.62. The summed E-state index contributed by atoms with van der Waals surface area (Å²) < 4.78 is 13.0. The van der Waals surface area contributed by atoms with Crippen LogP contribution in [0.4, 0.5) is 4.39 Å². The smallest absolute Gasteiger partial charge is 0.124 e. The van der Waals surface area contributed by atoms with Crippen molar-refractivity contribution in [1.82, 2.24) is 5.32 Å². The average molecular weight is 310 g/mol. The van der Waals surface area contributed by atoms with Crippen LogP contribution in [0.2, 0.25) is 5.02 Å². The Balaban J connectivity index is 2.01. The Morgan fingerprint density at radius 2 is 1.90 bits per heavy atom. The summed E-state index contributed by atoms with van der Waals surface area (Å²) >= 11 is 5.91. The minimum absolute atomic E-state index is 0.139. The van der Waals surface area contributed by atoms with Crippen LogP contribution >= 0.6 is 11.6 Å². The molecule has 0 bridgehead atoms. The van der Waals surface area contributed by atoms with E-state index in [0.29, 0.717) is 5.56 Å². The molecule has 0 heterocycles. The average Bonchev–Trinajstić information content (AvgIpc) is 2.45. The summed E-state index contributed by atoms with van der Waals surface area (Å²) in [5.41, 5.74) is 1.21. The molecular weight excluding hydrogens is 293 g/mol. The molecule has 0 spiro atoms. The van der Waals surface area contributed by atoms with Gasteiger partial charge in [-0.15, -0.1) is 0 Å². The van der Waals surface area contributed by atoms with Gasteiger partial charge in [-0.2, -0.15) is 0 Å². The van der Waals surface area contributed by atoms with Crippen molar-refractivity contribution in [3.05, 3.63) is 64.4 Å². The lowest BCUT2D eigenvalue weighted by molar-refractivity contribution is 0.170. The van der Waals surface area contributed by atoms with Crippen molar-refractivity contribution < 1.29 is 14.6 Å². The van der Waals surface area contributed by atoms with Crippen LogP contribution in [0.3, 0.4) is 0 Å². The molecule has 0 radical (unpaired) electrons. The fourth-order valence-electron chi connectivity index (χ4n) is 2.13. The number of aromatic hydroxyl groups is 1. The van der Waals surface area contributed by atoms with Gasteiger partial charge >= 0.3 is 0 Å². The van der Waals surface area contributed by atoms with Crippen molar-refractivity contribution in [3.63, 3.8) is 0 Å². The van der Waals surface area contributed by atoms with Crippen molar-refractivity contribution in [1.29, 1.82) is 0 Å². The van der Waals surface area contributed by atoms with E-state index in [1.807, 2.05) is 19.1 Å². The number of halogens is 2. The molecule has 2 aromatic carbocycles. The Bertz CT molecular complexity index is 621. The molecule has 2 rings (SSSR count). The lowest BCUT2D eigenvalue weighted by Gasteiger charge is -2.19. The Kier molecular flexibility index (Phi) is 5.17. The van der Waals surface area contributed by atoms with Crippen LogP contribution in [-0.4, -0.2) is 16.8 Å². The molecule has 112 valence electrons. The third kappa shape index (κ3) is 3.94. The molecule has 0 fully saturated rings. The zero-order chi connectivity index (χ0) is 15.4. The normalized spacial score (nSPS) is 13.9. The molecule has 2 atom stereocenters. The van der Waals surface area contributed by atoms with Crippen LogP contribution in [0.5, 0.6) is 5.75 Å². The highest BCUT2D eigenvalue weighted by atomic mass is 35.5. The van der Waals surface area contributed by atoms with Gasteiger partial charge in [0, 0.05) is 28.7 Å². The number of benzene rings is 2. The maximum atomic E-state index is 13.0. The van der Waals surface area contributed by atoms with Gasteiger partial charge in [0.1, 0.15) is 11.6 Å². The number of para-hydroxylation sites is 1. The summed E-state index contributed by atoms with van der Waals surface area (Å²) in [4.78, 5) is 0. The van der Waals surface area contributed by atoms with E-state index in [0.717, 1.165) is 5.56 Å². The molecule has 3 N–H and O–H groups in total. The van der Waals surface area contributed by atoms with E-state index in [1.54, 1.807) is 12.1 Å². The second-order valence-corrected chi connectivity index (χ2v) is 5.28. The molecule has 0 amide bonds. The fourth-order valence-corrected chi connectivity index (χ4v) is 2.43. The number of phenolic OH excluding ortho intramolecular Hbond substituents is 1. The van der Waals surface area contributed by atoms with Crippen molar-refractivity contribution in [3.8, 4) is 5.75 Å². The zero-order valence-electron chi connectivity index (χ0n) is 11.6. The maximum Gasteiger partial charge on any atom is 0.124 e. The third-order valence-electron chi connectivity index (χ3n) is 3.34. The van der Waals surface area contributed by atoms with Crippen LogP contribution in [0.25, 0.3) is 0 Å². The highest BCUT2D eigenvalue weighted by molar-refractivity contribution is 6.31. The van der Waals surface area contributed by atoms with Gasteiger partial charge in [0.2, 0.25) is 0 Å². The van der Waals surface area contributed by atoms with Gasteiger partial charge in [0.15, 0.2) is 0 Å². The predicted molar refractivity (Wildman–Crippen MR) is 80.9 cm³/mol. The van der Waals surface area contributed by atoms with Crippen molar-refractivity contribution in [2.45, 2.75) is 19.1 Å². The standard InChI is InChI=1S/C16H17ClFNO2/c1-10(12-4-2-3-5-15(12)20)19-9-16(21)13-7-6-11(18)8-14(13)17/h2-8,10,16,19-21H,9H2,1H3/t10-,16?/m1/s1. The number of aliphatic hydroxyl groups excluding tert-OH is 1. The van der Waals surface area contributed by atoms with Gasteiger partial charge < -0.3 is 15.5 Å². The fraction of sp³-hybridized carbons (Fsp3) is 0.250. The molecule has 0 aromatic heterocycles. The minimum atomic E-state index is -0.855. The van der Waals surface area contributed by atoms with E-state index in [2.05, 4.69) is 5.32 Å². The van der Waals surface area contributed by atoms with Crippen LogP contribution < -0.4 is 5.32 Å². The number of hydrogen-bond donors (Lipinski definition) is 3. The van der Waals surface area contributed by atoms with Gasteiger partial charge in [-0.3, -0.25) is 0 Å². The van der Waals surface area contributed by atoms with E-state index in [1.165, 1.54) is 18.2 Å². The zero-order valence-corrected chi connectivity index (χ0v) is 12.3. The summed E-state index contributed by atoms with van der Waals surface area (Å²) in [7, 11) is 0. The highest BCUT2D eigenvalue weighted by Gasteiger charge is 2.15. The van der Waals surface area contributed by atoms with Gasteiger partial charge in [-0.05, 0) is 25.1 Å². The topological polar surface area (TPSA) is 52.5 Å². The largest absolute Gasteiger partial charge is 0.508 e. The molecule has 3 nitrogen and oxygen atoms in total. The van der Waals surface area contributed by atoms with Crippen LogP contribution in [0, 0.1) is 5.82 Å². The molecule has 0 saturated carbocycles. The quantitative estimate of drug-likeness (QED) is 0.791. The lowest BCUT2D eigenvalue weighted by Crippen LogP contribution is -2.25. The second-order valence-electron chi connectivity index (χ2n) is 4.87. The van der Waals surface area contributed by atoms with Crippen molar-refractivity contribution in [2.24, 2.45) is 0 Å². The van der Waals surface area contributed by atoms with Gasteiger partial charge in [-0.1, -0.05) is 35.9 Å². The molecule has 0 aliphatic rings. The minimum Gasteiger partial charge on any atom is -0.508 e.